The van der Waals surface area contributed by atoms with Gasteiger partial charge in [-0.3, -0.25) is 14.5 Å². The molecule has 1 aliphatic heterocycles. The molecule has 2 N–H and O–H groups in total. The molecule has 0 saturated carbocycles. The summed E-state index contributed by atoms with van der Waals surface area (Å²) in [5, 5.41) is 2.99. The number of aromatic nitrogens is 1. The molecule has 0 radical (unpaired) electrons. The molecule has 0 bridgehead atoms. The van der Waals surface area contributed by atoms with Gasteiger partial charge in [0.25, 0.3) is 5.91 Å². The summed E-state index contributed by atoms with van der Waals surface area (Å²) >= 11 is 0. The molecule has 1 aromatic carbocycles. The molecule has 2 heterocycles. The Hall–Kier alpha value is -2.60. The van der Waals surface area contributed by atoms with Crippen LogP contribution < -0.4 is 15.6 Å². The van der Waals surface area contributed by atoms with Crippen molar-refractivity contribution in [1.29, 1.82) is 0 Å². The molecule has 1 fully saturated rings. The first-order valence-electron chi connectivity index (χ1n) is 8.53. The number of rotatable bonds is 6. The minimum Gasteiger partial charge on any atom is -0.496 e. The maximum atomic E-state index is 12.4. The summed E-state index contributed by atoms with van der Waals surface area (Å²) in [5.41, 5.74) is 1.30. The Balaban J connectivity index is 1.77. The summed E-state index contributed by atoms with van der Waals surface area (Å²) < 4.78 is 5.51. The van der Waals surface area contributed by atoms with Gasteiger partial charge >= 0.3 is 0 Å². The number of carbonyl (C=O) groups is 1. The normalized spacial score (nSPS) is 15.7. The van der Waals surface area contributed by atoms with E-state index in [0.717, 1.165) is 24.4 Å². The Bertz CT molecular complexity index is 761. The molecule has 6 heteroatoms. The fourth-order valence-electron chi connectivity index (χ4n) is 3.27. The molecule has 1 aromatic heterocycles. The largest absolute Gasteiger partial charge is 0.496 e. The highest BCUT2D eigenvalue weighted by molar-refractivity contribution is 5.93. The molecule has 0 aliphatic carbocycles. The minimum absolute atomic E-state index is 0.0605. The van der Waals surface area contributed by atoms with Gasteiger partial charge in [-0.2, -0.15) is 0 Å². The molecular weight excluding hydrogens is 318 g/mol. The van der Waals surface area contributed by atoms with Crippen molar-refractivity contribution in [1.82, 2.24) is 15.2 Å². The van der Waals surface area contributed by atoms with E-state index in [0.29, 0.717) is 12.1 Å². The van der Waals surface area contributed by atoms with Crippen LogP contribution in [-0.4, -0.2) is 42.5 Å². The van der Waals surface area contributed by atoms with Gasteiger partial charge in [0, 0.05) is 24.4 Å². The number of para-hydroxylation sites is 1. The first-order valence-corrected chi connectivity index (χ1v) is 8.53. The number of benzene rings is 1. The highest BCUT2D eigenvalue weighted by Crippen LogP contribution is 2.31. The second-order valence-corrected chi connectivity index (χ2v) is 6.15. The maximum absolute atomic E-state index is 12.4. The summed E-state index contributed by atoms with van der Waals surface area (Å²) in [7, 11) is 1.67. The quantitative estimate of drug-likeness (QED) is 0.842. The molecule has 1 aliphatic rings. The summed E-state index contributed by atoms with van der Waals surface area (Å²) in [6, 6.07) is 10.9. The summed E-state index contributed by atoms with van der Waals surface area (Å²) in [5.74, 6) is 0.632. The predicted molar refractivity (Wildman–Crippen MR) is 95.9 cm³/mol. The standard InChI is InChI=1S/C19H23N3O3/c1-25-17-7-3-2-6-15(17)16(22-10-4-5-11-22)13-21-19(24)14-8-9-18(23)20-12-14/h2-3,6-9,12,16H,4-5,10-11,13H2,1H3,(H,20,23)(H,21,24)/t16-/m0/s1. The van der Waals surface area contributed by atoms with Gasteiger partial charge < -0.3 is 15.0 Å². The lowest BCUT2D eigenvalue weighted by atomic mass is 10.0. The highest BCUT2D eigenvalue weighted by Gasteiger charge is 2.26. The van der Waals surface area contributed by atoms with Crippen molar-refractivity contribution >= 4 is 5.91 Å². The summed E-state index contributed by atoms with van der Waals surface area (Å²) in [4.78, 5) is 28.4. The molecule has 0 spiro atoms. The topological polar surface area (TPSA) is 74.4 Å². The van der Waals surface area contributed by atoms with Gasteiger partial charge in [-0.1, -0.05) is 18.2 Å². The van der Waals surface area contributed by atoms with Crippen molar-refractivity contribution in [3.8, 4) is 5.75 Å². The van der Waals surface area contributed by atoms with Crippen molar-refractivity contribution in [2.75, 3.05) is 26.7 Å². The van der Waals surface area contributed by atoms with Gasteiger partial charge in [0.05, 0.1) is 18.7 Å². The Morgan fingerprint density at radius 1 is 1.24 bits per heavy atom. The van der Waals surface area contributed by atoms with Crippen LogP contribution in [0.3, 0.4) is 0 Å². The average Bonchev–Trinajstić information content (AvgIpc) is 3.17. The smallest absolute Gasteiger partial charge is 0.252 e. The van der Waals surface area contributed by atoms with E-state index in [2.05, 4.69) is 15.2 Å². The SMILES string of the molecule is COc1ccccc1[C@H](CNC(=O)c1ccc(=O)[nH]c1)N1CCCC1. The van der Waals surface area contributed by atoms with E-state index in [1.807, 2.05) is 24.3 Å². The van der Waals surface area contributed by atoms with Crippen molar-refractivity contribution < 1.29 is 9.53 Å². The second-order valence-electron chi connectivity index (χ2n) is 6.15. The van der Waals surface area contributed by atoms with Crippen LogP contribution in [0.25, 0.3) is 0 Å². The van der Waals surface area contributed by atoms with Crippen LogP contribution in [0, 0.1) is 0 Å². The van der Waals surface area contributed by atoms with Crippen molar-refractivity contribution in [2.45, 2.75) is 18.9 Å². The lowest BCUT2D eigenvalue weighted by Crippen LogP contribution is -2.37. The minimum atomic E-state index is -0.222. The number of pyridine rings is 1. The summed E-state index contributed by atoms with van der Waals surface area (Å²) in [6.45, 7) is 2.51. The molecule has 1 saturated heterocycles. The van der Waals surface area contributed by atoms with E-state index < -0.39 is 0 Å². The van der Waals surface area contributed by atoms with Crippen LogP contribution in [0.4, 0.5) is 0 Å². The van der Waals surface area contributed by atoms with Crippen LogP contribution in [-0.2, 0) is 0 Å². The number of hydrogen-bond donors (Lipinski definition) is 2. The monoisotopic (exact) mass is 341 g/mol. The number of carbonyl (C=O) groups excluding carboxylic acids is 1. The summed E-state index contributed by atoms with van der Waals surface area (Å²) in [6.07, 6.45) is 3.77. The predicted octanol–water partition coefficient (Wildman–Crippen LogP) is 1.95. The molecular formula is C19H23N3O3. The van der Waals surface area contributed by atoms with Gasteiger partial charge in [0.15, 0.2) is 0 Å². The fourth-order valence-corrected chi connectivity index (χ4v) is 3.27. The van der Waals surface area contributed by atoms with Crippen LogP contribution in [0.1, 0.15) is 34.8 Å². The average molecular weight is 341 g/mol. The zero-order valence-corrected chi connectivity index (χ0v) is 14.3. The Labute approximate surface area is 146 Å². The van der Waals surface area contributed by atoms with Crippen molar-refractivity contribution in [3.05, 3.63) is 64.1 Å². The fraction of sp³-hybridized carbons (Fsp3) is 0.368. The number of amides is 1. The van der Waals surface area contributed by atoms with E-state index in [9.17, 15) is 9.59 Å². The van der Waals surface area contributed by atoms with Gasteiger partial charge in [-0.05, 0) is 38.1 Å². The number of nitrogens with one attached hydrogen (secondary N) is 2. The third-order valence-electron chi connectivity index (χ3n) is 4.58. The van der Waals surface area contributed by atoms with Crippen molar-refractivity contribution in [3.63, 3.8) is 0 Å². The van der Waals surface area contributed by atoms with E-state index in [1.165, 1.54) is 31.2 Å². The van der Waals surface area contributed by atoms with E-state index in [-0.39, 0.29) is 17.5 Å². The first-order chi connectivity index (χ1) is 12.2. The first kappa shape index (κ1) is 17.2. The number of nitrogens with zero attached hydrogens (tertiary/aromatic N) is 1. The lowest BCUT2D eigenvalue weighted by molar-refractivity contribution is 0.0937. The molecule has 1 amide bonds. The maximum Gasteiger partial charge on any atom is 0.252 e. The van der Waals surface area contributed by atoms with Gasteiger partial charge in [0.2, 0.25) is 5.56 Å². The third-order valence-corrected chi connectivity index (χ3v) is 4.58. The molecule has 25 heavy (non-hydrogen) atoms. The van der Waals surface area contributed by atoms with Crippen LogP contribution in [0.2, 0.25) is 0 Å². The van der Waals surface area contributed by atoms with Gasteiger partial charge in [-0.25, -0.2) is 0 Å². The number of likely N-dealkylation sites (tertiary alicyclic amines) is 1. The molecule has 6 nitrogen and oxygen atoms in total. The van der Waals surface area contributed by atoms with Gasteiger partial charge in [-0.15, -0.1) is 0 Å². The van der Waals surface area contributed by atoms with Crippen LogP contribution in [0.5, 0.6) is 5.75 Å². The van der Waals surface area contributed by atoms with Gasteiger partial charge in [0.1, 0.15) is 5.75 Å². The number of ether oxygens (including phenoxy) is 1. The van der Waals surface area contributed by atoms with E-state index in [4.69, 9.17) is 4.74 Å². The second kappa shape index (κ2) is 7.98. The number of H-pyrrole nitrogens is 1. The zero-order chi connectivity index (χ0) is 17.6. The Kier molecular flexibility index (Phi) is 5.50. The lowest BCUT2D eigenvalue weighted by Gasteiger charge is -2.29. The van der Waals surface area contributed by atoms with E-state index in [1.54, 1.807) is 7.11 Å². The van der Waals surface area contributed by atoms with Crippen LogP contribution in [0.15, 0.2) is 47.4 Å². The zero-order valence-electron chi connectivity index (χ0n) is 14.3. The Morgan fingerprint density at radius 2 is 2.00 bits per heavy atom. The van der Waals surface area contributed by atoms with Crippen LogP contribution >= 0.6 is 0 Å². The Morgan fingerprint density at radius 3 is 2.68 bits per heavy atom. The van der Waals surface area contributed by atoms with E-state index >= 15 is 0 Å². The number of hydrogen-bond acceptors (Lipinski definition) is 4. The molecule has 1 atom stereocenters. The highest BCUT2D eigenvalue weighted by atomic mass is 16.5. The molecule has 3 rings (SSSR count). The molecule has 2 aromatic rings. The third kappa shape index (κ3) is 4.09. The number of methoxy groups -OCH3 is 1. The molecule has 0 unspecified atom stereocenters. The van der Waals surface area contributed by atoms with Crippen molar-refractivity contribution in [2.24, 2.45) is 0 Å². The molecule has 132 valence electrons. The number of aromatic amines is 1.